The van der Waals surface area contributed by atoms with Gasteiger partial charge in [0.25, 0.3) is 0 Å². The van der Waals surface area contributed by atoms with Crippen LogP contribution in [0.1, 0.15) is 25.7 Å². The van der Waals surface area contributed by atoms with E-state index in [-0.39, 0.29) is 6.04 Å². The van der Waals surface area contributed by atoms with Gasteiger partial charge in [-0.2, -0.15) is 0 Å². The molecule has 2 aromatic rings. The van der Waals surface area contributed by atoms with Crippen molar-refractivity contribution in [3.63, 3.8) is 0 Å². The van der Waals surface area contributed by atoms with Gasteiger partial charge < -0.3 is 4.74 Å². The normalized spacial score (nSPS) is 16.4. The zero-order valence-electron chi connectivity index (χ0n) is 12.0. The fourth-order valence-electron chi connectivity index (χ4n) is 2.98. The first-order valence-corrected chi connectivity index (χ1v) is 8.68. The summed E-state index contributed by atoms with van der Waals surface area (Å²) in [6.07, 6.45) is 4.04. The van der Waals surface area contributed by atoms with E-state index in [1.54, 1.807) is 19.2 Å². The van der Waals surface area contributed by atoms with Crippen LogP contribution < -0.4 is 9.46 Å². The van der Waals surface area contributed by atoms with Gasteiger partial charge in [-0.25, -0.2) is 13.1 Å². The maximum atomic E-state index is 12.6. The minimum Gasteiger partial charge on any atom is -0.496 e. The van der Waals surface area contributed by atoms with E-state index in [1.807, 2.05) is 24.3 Å². The van der Waals surface area contributed by atoms with Crippen molar-refractivity contribution in [1.82, 2.24) is 4.72 Å². The predicted octanol–water partition coefficient (Wildman–Crippen LogP) is 3.07. The van der Waals surface area contributed by atoms with Crippen molar-refractivity contribution in [3.8, 4) is 5.75 Å². The Bertz CT molecular complexity index is 749. The van der Waals surface area contributed by atoms with Crippen molar-refractivity contribution in [2.24, 2.45) is 0 Å². The molecule has 0 aliphatic heterocycles. The van der Waals surface area contributed by atoms with Crippen LogP contribution in [0.5, 0.6) is 5.75 Å². The van der Waals surface area contributed by atoms with Crippen LogP contribution >= 0.6 is 0 Å². The Morgan fingerprint density at radius 3 is 2.38 bits per heavy atom. The van der Waals surface area contributed by atoms with Crippen LogP contribution in [0.25, 0.3) is 10.8 Å². The molecule has 1 fully saturated rings. The fraction of sp³-hybridized carbons (Fsp3) is 0.375. The van der Waals surface area contributed by atoms with Gasteiger partial charge in [-0.1, -0.05) is 37.1 Å². The molecule has 112 valence electrons. The Morgan fingerprint density at radius 1 is 1.05 bits per heavy atom. The van der Waals surface area contributed by atoms with Gasteiger partial charge in [-0.15, -0.1) is 0 Å². The smallest absolute Gasteiger partial charge is 0.241 e. The van der Waals surface area contributed by atoms with Crippen molar-refractivity contribution >= 4 is 20.8 Å². The van der Waals surface area contributed by atoms with Gasteiger partial charge >= 0.3 is 0 Å². The van der Waals surface area contributed by atoms with Gasteiger partial charge in [-0.3, -0.25) is 0 Å². The van der Waals surface area contributed by atoms with Crippen LogP contribution in [0.3, 0.4) is 0 Å². The van der Waals surface area contributed by atoms with Crippen LogP contribution in [0.15, 0.2) is 41.3 Å². The molecule has 5 heteroatoms. The van der Waals surface area contributed by atoms with Crippen molar-refractivity contribution < 1.29 is 13.2 Å². The molecule has 0 bridgehead atoms. The number of fused-ring (bicyclic) bond motifs is 1. The van der Waals surface area contributed by atoms with Crippen LogP contribution in [-0.2, 0) is 10.0 Å². The molecule has 0 saturated heterocycles. The average Bonchev–Trinajstić information content (AvgIpc) is 2.98. The molecular formula is C16H19NO3S. The van der Waals surface area contributed by atoms with Crippen molar-refractivity contribution in [3.05, 3.63) is 36.4 Å². The molecule has 1 aliphatic carbocycles. The largest absolute Gasteiger partial charge is 0.496 e. The maximum absolute atomic E-state index is 12.6. The van der Waals surface area contributed by atoms with Crippen molar-refractivity contribution in [2.75, 3.05) is 7.11 Å². The summed E-state index contributed by atoms with van der Waals surface area (Å²) in [5.41, 5.74) is 0. The summed E-state index contributed by atoms with van der Waals surface area (Å²) in [5, 5.41) is 1.51. The summed E-state index contributed by atoms with van der Waals surface area (Å²) in [5.74, 6) is 0.686. The standard InChI is InChI=1S/C16H19NO3S/c1-20-15-10-11-16(14-9-5-4-8-13(14)15)21(18,19)17-12-6-2-3-7-12/h4-5,8-12,17H,2-3,6-7H2,1H3. The van der Waals surface area contributed by atoms with Gasteiger partial charge in [0.15, 0.2) is 0 Å². The van der Waals surface area contributed by atoms with E-state index >= 15 is 0 Å². The van der Waals surface area contributed by atoms with Gasteiger partial charge in [0, 0.05) is 16.8 Å². The van der Waals surface area contributed by atoms with Gasteiger partial charge in [0.1, 0.15) is 5.75 Å². The number of ether oxygens (including phenoxy) is 1. The predicted molar refractivity (Wildman–Crippen MR) is 83.1 cm³/mol. The topological polar surface area (TPSA) is 55.4 Å². The van der Waals surface area contributed by atoms with E-state index in [1.165, 1.54) is 0 Å². The Labute approximate surface area is 125 Å². The second-order valence-corrected chi connectivity index (χ2v) is 7.10. The monoisotopic (exact) mass is 305 g/mol. The fourth-order valence-corrected chi connectivity index (χ4v) is 4.50. The molecule has 1 saturated carbocycles. The highest BCUT2D eigenvalue weighted by Crippen LogP contribution is 2.31. The Morgan fingerprint density at radius 2 is 1.71 bits per heavy atom. The minimum absolute atomic E-state index is 0.0656. The summed E-state index contributed by atoms with van der Waals surface area (Å²) in [7, 11) is -1.91. The lowest BCUT2D eigenvalue weighted by Gasteiger charge is -2.15. The minimum atomic E-state index is -3.50. The van der Waals surface area contributed by atoms with Crippen LogP contribution in [-0.4, -0.2) is 21.6 Å². The zero-order valence-corrected chi connectivity index (χ0v) is 12.8. The molecule has 1 N–H and O–H groups in total. The quantitative estimate of drug-likeness (QED) is 0.944. The van der Waals surface area contributed by atoms with Crippen molar-refractivity contribution in [2.45, 2.75) is 36.6 Å². The van der Waals surface area contributed by atoms with E-state index in [2.05, 4.69) is 4.72 Å². The van der Waals surface area contributed by atoms with E-state index in [0.717, 1.165) is 31.1 Å². The van der Waals surface area contributed by atoms with Crippen LogP contribution in [0.2, 0.25) is 0 Å². The van der Waals surface area contributed by atoms with Gasteiger partial charge in [0.05, 0.1) is 12.0 Å². The first-order valence-electron chi connectivity index (χ1n) is 7.20. The Balaban J connectivity index is 2.07. The third-order valence-electron chi connectivity index (χ3n) is 4.03. The van der Waals surface area contributed by atoms with Crippen LogP contribution in [0.4, 0.5) is 0 Å². The van der Waals surface area contributed by atoms with Crippen LogP contribution in [0, 0.1) is 0 Å². The molecule has 0 aromatic heterocycles. The number of hydrogen-bond acceptors (Lipinski definition) is 3. The molecule has 0 unspecified atom stereocenters. The van der Waals surface area contributed by atoms with Gasteiger partial charge in [0.2, 0.25) is 10.0 Å². The number of methoxy groups -OCH3 is 1. The number of sulfonamides is 1. The second-order valence-electron chi connectivity index (χ2n) is 5.41. The van der Waals surface area contributed by atoms with E-state index in [9.17, 15) is 8.42 Å². The molecule has 0 spiro atoms. The number of rotatable bonds is 4. The summed E-state index contributed by atoms with van der Waals surface area (Å²) in [4.78, 5) is 0.325. The molecule has 2 aromatic carbocycles. The highest BCUT2D eigenvalue weighted by molar-refractivity contribution is 7.89. The van der Waals surface area contributed by atoms with E-state index in [4.69, 9.17) is 4.74 Å². The molecular weight excluding hydrogens is 286 g/mol. The Kier molecular flexibility index (Phi) is 3.87. The molecule has 0 heterocycles. The summed E-state index contributed by atoms with van der Waals surface area (Å²) in [6, 6.07) is 10.8. The Hall–Kier alpha value is -1.59. The summed E-state index contributed by atoms with van der Waals surface area (Å²) in [6.45, 7) is 0. The highest BCUT2D eigenvalue weighted by Gasteiger charge is 2.24. The second kappa shape index (κ2) is 5.66. The lowest BCUT2D eigenvalue weighted by molar-refractivity contribution is 0.419. The molecule has 0 radical (unpaired) electrons. The lowest BCUT2D eigenvalue weighted by Crippen LogP contribution is -2.32. The summed E-state index contributed by atoms with van der Waals surface area (Å²) >= 11 is 0. The first-order chi connectivity index (χ1) is 10.1. The highest BCUT2D eigenvalue weighted by atomic mass is 32.2. The lowest BCUT2D eigenvalue weighted by atomic mass is 10.1. The van der Waals surface area contributed by atoms with Crippen molar-refractivity contribution in [1.29, 1.82) is 0 Å². The third kappa shape index (κ3) is 2.76. The van der Waals surface area contributed by atoms with E-state index in [0.29, 0.717) is 16.0 Å². The maximum Gasteiger partial charge on any atom is 0.241 e. The number of nitrogens with one attached hydrogen (secondary N) is 1. The van der Waals surface area contributed by atoms with Gasteiger partial charge in [-0.05, 0) is 25.0 Å². The molecule has 3 rings (SSSR count). The summed E-state index contributed by atoms with van der Waals surface area (Å²) < 4.78 is 33.4. The first kappa shape index (κ1) is 14.4. The number of benzene rings is 2. The zero-order chi connectivity index (χ0) is 14.9. The molecule has 21 heavy (non-hydrogen) atoms. The molecule has 0 amide bonds. The molecule has 1 aliphatic rings. The molecule has 0 atom stereocenters. The molecule has 4 nitrogen and oxygen atoms in total. The third-order valence-corrected chi connectivity index (χ3v) is 5.61. The average molecular weight is 305 g/mol. The number of hydrogen-bond donors (Lipinski definition) is 1. The van der Waals surface area contributed by atoms with E-state index < -0.39 is 10.0 Å². The SMILES string of the molecule is COc1ccc(S(=O)(=O)NC2CCCC2)c2ccccc12.